The molecule has 0 saturated heterocycles. The summed E-state index contributed by atoms with van der Waals surface area (Å²) in [6.07, 6.45) is 1.94. The second-order valence-electron chi connectivity index (χ2n) is 2.51. The molecule has 0 aliphatic carbocycles. The summed E-state index contributed by atoms with van der Waals surface area (Å²) in [7, 11) is 0. The molecule has 0 aromatic carbocycles. The standard InChI is InChI=1S/C8H11N3/c1-3-4-7-8(5-9)11-6(2)10-7/h3-4H2,1-2H3,(H,10,11). The first-order chi connectivity index (χ1) is 5.27. The van der Waals surface area contributed by atoms with Gasteiger partial charge >= 0.3 is 0 Å². The van der Waals surface area contributed by atoms with E-state index < -0.39 is 0 Å². The molecule has 1 N–H and O–H groups in total. The second kappa shape index (κ2) is 3.20. The molecule has 1 aromatic rings. The van der Waals surface area contributed by atoms with Crippen molar-refractivity contribution in [3.05, 3.63) is 17.2 Å². The molecule has 0 saturated carbocycles. The van der Waals surface area contributed by atoms with Gasteiger partial charge in [0.2, 0.25) is 0 Å². The van der Waals surface area contributed by atoms with Gasteiger partial charge in [-0.25, -0.2) is 4.98 Å². The second-order valence-corrected chi connectivity index (χ2v) is 2.51. The third kappa shape index (κ3) is 1.58. The van der Waals surface area contributed by atoms with E-state index in [1.165, 1.54) is 0 Å². The molecule has 0 fully saturated rings. The van der Waals surface area contributed by atoms with Crippen LogP contribution in [0.4, 0.5) is 0 Å². The first kappa shape index (κ1) is 7.80. The first-order valence-electron chi connectivity index (χ1n) is 3.73. The van der Waals surface area contributed by atoms with Crippen molar-refractivity contribution in [2.24, 2.45) is 0 Å². The van der Waals surface area contributed by atoms with Gasteiger partial charge in [0.05, 0.1) is 5.69 Å². The highest BCUT2D eigenvalue weighted by Crippen LogP contribution is 2.06. The predicted octanol–water partition coefficient (Wildman–Crippen LogP) is 1.54. The molecule has 0 atom stereocenters. The van der Waals surface area contributed by atoms with Crippen molar-refractivity contribution in [3.63, 3.8) is 0 Å². The molecule has 11 heavy (non-hydrogen) atoms. The SMILES string of the molecule is CCCc1[nH]c(C)nc1C#N. The molecule has 0 radical (unpaired) electrons. The fourth-order valence-corrected chi connectivity index (χ4v) is 1.06. The number of hydrogen-bond donors (Lipinski definition) is 1. The molecule has 0 aliphatic heterocycles. The highest BCUT2D eigenvalue weighted by Gasteiger charge is 2.04. The zero-order valence-corrected chi connectivity index (χ0v) is 6.81. The van der Waals surface area contributed by atoms with Crippen molar-refractivity contribution in [1.82, 2.24) is 9.97 Å². The fourth-order valence-electron chi connectivity index (χ4n) is 1.06. The molecule has 3 nitrogen and oxygen atoms in total. The molecule has 1 rings (SSSR count). The number of aryl methyl sites for hydroxylation is 2. The number of nitrogens with zero attached hydrogens (tertiary/aromatic N) is 2. The van der Waals surface area contributed by atoms with Crippen molar-refractivity contribution in [2.75, 3.05) is 0 Å². The van der Waals surface area contributed by atoms with Crippen LogP contribution in [0.3, 0.4) is 0 Å². The molecular formula is C8H11N3. The van der Waals surface area contributed by atoms with Gasteiger partial charge in [0.25, 0.3) is 0 Å². The molecule has 0 spiro atoms. The van der Waals surface area contributed by atoms with Crippen LogP contribution in [-0.2, 0) is 6.42 Å². The number of aromatic nitrogens is 2. The van der Waals surface area contributed by atoms with E-state index >= 15 is 0 Å². The van der Waals surface area contributed by atoms with Crippen LogP contribution in [0.25, 0.3) is 0 Å². The Morgan fingerprint density at radius 1 is 1.64 bits per heavy atom. The Hall–Kier alpha value is -1.30. The summed E-state index contributed by atoms with van der Waals surface area (Å²) in [5, 5.41) is 8.63. The fraction of sp³-hybridized carbons (Fsp3) is 0.500. The van der Waals surface area contributed by atoms with Crippen molar-refractivity contribution in [2.45, 2.75) is 26.7 Å². The number of imidazole rings is 1. The van der Waals surface area contributed by atoms with Crippen molar-refractivity contribution < 1.29 is 0 Å². The van der Waals surface area contributed by atoms with E-state index in [4.69, 9.17) is 5.26 Å². The summed E-state index contributed by atoms with van der Waals surface area (Å²) in [6, 6.07) is 2.06. The van der Waals surface area contributed by atoms with Crippen molar-refractivity contribution in [1.29, 1.82) is 5.26 Å². The Morgan fingerprint density at radius 3 is 2.91 bits per heavy atom. The Labute approximate surface area is 66.1 Å². The van der Waals surface area contributed by atoms with Crippen LogP contribution in [0.1, 0.15) is 30.6 Å². The summed E-state index contributed by atoms with van der Waals surface area (Å²) in [6.45, 7) is 3.94. The lowest BCUT2D eigenvalue weighted by Crippen LogP contribution is -1.86. The maximum absolute atomic E-state index is 8.63. The third-order valence-corrected chi connectivity index (χ3v) is 1.50. The molecule has 0 aliphatic rings. The number of aromatic amines is 1. The van der Waals surface area contributed by atoms with E-state index in [1.54, 1.807) is 0 Å². The third-order valence-electron chi connectivity index (χ3n) is 1.50. The monoisotopic (exact) mass is 149 g/mol. The largest absolute Gasteiger partial charge is 0.345 e. The van der Waals surface area contributed by atoms with E-state index in [9.17, 15) is 0 Å². The maximum Gasteiger partial charge on any atom is 0.161 e. The van der Waals surface area contributed by atoms with E-state index in [0.717, 1.165) is 24.4 Å². The maximum atomic E-state index is 8.63. The zero-order chi connectivity index (χ0) is 8.27. The van der Waals surface area contributed by atoms with Crippen LogP contribution in [-0.4, -0.2) is 9.97 Å². The van der Waals surface area contributed by atoms with Crippen LogP contribution in [0.2, 0.25) is 0 Å². The van der Waals surface area contributed by atoms with Crippen LogP contribution < -0.4 is 0 Å². The minimum atomic E-state index is 0.546. The van der Waals surface area contributed by atoms with E-state index in [2.05, 4.69) is 23.0 Å². The van der Waals surface area contributed by atoms with Gasteiger partial charge in [-0.1, -0.05) is 13.3 Å². The number of hydrogen-bond acceptors (Lipinski definition) is 2. The van der Waals surface area contributed by atoms with Gasteiger partial charge in [0, 0.05) is 0 Å². The lowest BCUT2D eigenvalue weighted by molar-refractivity contribution is 0.885. The van der Waals surface area contributed by atoms with Gasteiger partial charge in [0.15, 0.2) is 5.69 Å². The van der Waals surface area contributed by atoms with Crippen LogP contribution in [0.15, 0.2) is 0 Å². The molecule has 1 heterocycles. The minimum Gasteiger partial charge on any atom is -0.345 e. The number of rotatable bonds is 2. The number of nitrogens with one attached hydrogen (secondary N) is 1. The number of H-pyrrole nitrogens is 1. The van der Waals surface area contributed by atoms with Gasteiger partial charge in [-0.05, 0) is 13.3 Å². The number of nitriles is 1. The highest BCUT2D eigenvalue weighted by atomic mass is 14.9. The molecule has 0 unspecified atom stereocenters. The van der Waals surface area contributed by atoms with Gasteiger partial charge in [-0.15, -0.1) is 0 Å². The Morgan fingerprint density at radius 2 is 2.36 bits per heavy atom. The quantitative estimate of drug-likeness (QED) is 0.693. The average molecular weight is 149 g/mol. The Balaban J connectivity index is 2.95. The topological polar surface area (TPSA) is 52.5 Å². The highest BCUT2D eigenvalue weighted by molar-refractivity contribution is 5.27. The van der Waals surface area contributed by atoms with Crippen molar-refractivity contribution in [3.8, 4) is 6.07 Å². The van der Waals surface area contributed by atoms with E-state index in [0.29, 0.717) is 5.69 Å². The molecule has 0 amide bonds. The van der Waals surface area contributed by atoms with Gasteiger partial charge in [-0.3, -0.25) is 0 Å². The normalized spacial score (nSPS) is 9.55. The predicted molar refractivity (Wildman–Crippen MR) is 42.0 cm³/mol. The van der Waals surface area contributed by atoms with Gasteiger partial charge < -0.3 is 4.98 Å². The van der Waals surface area contributed by atoms with Gasteiger partial charge in [-0.2, -0.15) is 5.26 Å². The molecular weight excluding hydrogens is 138 g/mol. The minimum absolute atomic E-state index is 0.546. The molecule has 0 bridgehead atoms. The Bertz CT molecular complexity index is 280. The molecule has 58 valence electrons. The van der Waals surface area contributed by atoms with Gasteiger partial charge in [0.1, 0.15) is 11.9 Å². The smallest absolute Gasteiger partial charge is 0.161 e. The van der Waals surface area contributed by atoms with E-state index in [-0.39, 0.29) is 0 Å². The van der Waals surface area contributed by atoms with Crippen LogP contribution >= 0.6 is 0 Å². The van der Waals surface area contributed by atoms with Crippen molar-refractivity contribution >= 4 is 0 Å². The van der Waals surface area contributed by atoms with Crippen LogP contribution in [0.5, 0.6) is 0 Å². The molecule has 1 aromatic heterocycles. The summed E-state index contributed by atoms with van der Waals surface area (Å²) in [5.41, 5.74) is 1.51. The molecule has 3 heteroatoms. The zero-order valence-electron chi connectivity index (χ0n) is 6.81. The summed E-state index contributed by atoms with van der Waals surface area (Å²) in [4.78, 5) is 7.09. The summed E-state index contributed by atoms with van der Waals surface area (Å²) < 4.78 is 0. The summed E-state index contributed by atoms with van der Waals surface area (Å²) in [5.74, 6) is 0.824. The van der Waals surface area contributed by atoms with E-state index in [1.807, 2.05) is 6.92 Å². The lowest BCUT2D eigenvalue weighted by atomic mass is 10.2. The lowest BCUT2D eigenvalue weighted by Gasteiger charge is -1.90. The summed E-state index contributed by atoms with van der Waals surface area (Å²) >= 11 is 0. The first-order valence-corrected chi connectivity index (χ1v) is 3.73. The van der Waals surface area contributed by atoms with Crippen LogP contribution in [0, 0.1) is 18.3 Å². The Kier molecular flexibility index (Phi) is 2.27. The average Bonchev–Trinajstić information content (AvgIpc) is 2.32.